The molecule has 1 aromatic carbocycles. The molecule has 0 saturated heterocycles. The van der Waals surface area contributed by atoms with Crippen LogP contribution in [0, 0.1) is 25.2 Å². The molecule has 0 radical (unpaired) electrons. The Morgan fingerprint density at radius 1 is 1.37 bits per heavy atom. The minimum absolute atomic E-state index is 0.311. The summed E-state index contributed by atoms with van der Waals surface area (Å²) in [6, 6.07) is 5.67. The zero-order valence-corrected chi connectivity index (χ0v) is 12.7. The van der Waals surface area contributed by atoms with Crippen molar-refractivity contribution in [3.63, 3.8) is 0 Å². The van der Waals surface area contributed by atoms with Crippen molar-refractivity contribution in [3.8, 4) is 17.0 Å². The molecule has 98 valence electrons. The van der Waals surface area contributed by atoms with Gasteiger partial charge in [-0.15, -0.1) is 11.6 Å². The van der Waals surface area contributed by atoms with Gasteiger partial charge >= 0.3 is 0 Å². The van der Waals surface area contributed by atoms with E-state index in [1.807, 2.05) is 13.8 Å². The van der Waals surface area contributed by atoms with Crippen molar-refractivity contribution in [2.45, 2.75) is 19.7 Å². The van der Waals surface area contributed by atoms with Crippen LogP contribution in [0.25, 0.3) is 0 Å². The number of benzene rings is 1. The van der Waals surface area contributed by atoms with Crippen LogP contribution in [-0.4, -0.2) is 4.98 Å². The standard InChI is InChI=1S/C13H10Cl2N2OS/c1-7-3-9(6-16)4-8(2)11(7)18-13-17-12(15)10(5-14)19-13/h3-4H,5H2,1-2H3. The predicted molar refractivity (Wildman–Crippen MR) is 77.4 cm³/mol. The molecule has 19 heavy (non-hydrogen) atoms. The van der Waals surface area contributed by atoms with Crippen LogP contribution in [0.1, 0.15) is 21.6 Å². The van der Waals surface area contributed by atoms with Crippen LogP contribution < -0.4 is 4.74 Å². The number of hydrogen-bond donors (Lipinski definition) is 0. The van der Waals surface area contributed by atoms with Gasteiger partial charge in [0.15, 0.2) is 0 Å². The second-order valence-corrected chi connectivity index (χ2v) is 5.65. The lowest BCUT2D eigenvalue weighted by Gasteiger charge is -2.09. The highest BCUT2D eigenvalue weighted by Crippen LogP contribution is 2.35. The largest absolute Gasteiger partial charge is 0.430 e. The van der Waals surface area contributed by atoms with Gasteiger partial charge in [0.25, 0.3) is 5.19 Å². The second-order valence-electron chi connectivity index (χ2n) is 3.98. The summed E-state index contributed by atoms with van der Waals surface area (Å²) in [5, 5.41) is 9.73. The van der Waals surface area contributed by atoms with Crippen molar-refractivity contribution in [2.75, 3.05) is 0 Å². The minimum Gasteiger partial charge on any atom is -0.430 e. The maximum atomic E-state index is 8.91. The molecule has 0 bridgehead atoms. The Kier molecular flexibility index (Phi) is 4.31. The van der Waals surface area contributed by atoms with Gasteiger partial charge in [0.1, 0.15) is 10.9 Å². The molecule has 0 aliphatic carbocycles. The van der Waals surface area contributed by atoms with E-state index < -0.39 is 0 Å². The van der Waals surface area contributed by atoms with Crippen LogP contribution in [0.4, 0.5) is 0 Å². The third kappa shape index (κ3) is 3.01. The molecule has 1 heterocycles. The average molecular weight is 313 g/mol. The first kappa shape index (κ1) is 14.1. The van der Waals surface area contributed by atoms with E-state index >= 15 is 0 Å². The molecule has 0 atom stereocenters. The molecular formula is C13H10Cl2N2OS. The smallest absolute Gasteiger partial charge is 0.280 e. The molecule has 2 rings (SSSR count). The Labute approximate surface area is 125 Å². The van der Waals surface area contributed by atoms with Gasteiger partial charge in [-0.25, -0.2) is 0 Å². The van der Waals surface area contributed by atoms with Crippen molar-refractivity contribution in [1.29, 1.82) is 5.26 Å². The summed E-state index contributed by atoms with van der Waals surface area (Å²) in [6.07, 6.45) is 0. The highest BCUT2D eigenvalue weighted by Gasteiger charge is 2.13. The summed E-state index contributed by atoms with van der Waals surface area (Å²) >= 11 is 13.0. The lowest BCUT2D eigenvalue weighted by molar-refractivity contribution is 0.471. The number of rotatable bonds is 3. The number of aromatic nitrogens is 1. The summed E-state index contributed by atoms with van der Waals surface area (Å²) in [6.45, 7) is 3.78. The molecule has 0 amide bonds. The highest BCUT2D eigenvalue weighted by atomic mass is 35.5. The lowest BCUT2D eigenvalue weighted by atomic mass is 10.1. The molecule has 0 saturated carbocycles. The number of ether oxygens (including phenoxy) is 1. The van der Waals surface area contributed by atoms with E-state index in [4.69, 9.17) is 33.2 Å². The number of halogens is 2. The predicted octanol–water partition coefficient (Wildman–Crippen LogP) is 4.82. The van der Waals surface area contributed by atoms with Crippen LogP contribution >= 0.6 is 34.5 Å². The Morgan fingerprint density at radius 3 is 2.47 bits per heavy atom. The molecule has 3 nitrogen and oxygen atoms in total. The van der Waals surface area contributed by atoms with Crippen molar-refractivity contribution >= 4 is 34.5 Å². The van der Waals surface area contributed by atoms with E-state index in [9.17, 15) is 0 Å². The van der Waals surface area contributed by atoms with Crippen LogP contribution in [-0.2, 0) is 5.88 Å². The van der Waals surface area contributed by atoms with Crippen molar-refractivity contribution in [2.24, 2.45) is 0 Å². The first-order valence-electron chi connectivity index (χ1n) is 5.45. The third-order valence-electron chi connectivity index (χ3n) is 2.53. The van der Waals surface area contributed by atoms with Crippen LogP contribution in [0.3, 0.4) is 0 Å². The molecule has 1 aromatic heterocycles. The fraction of sp³-hybridized carbons (Fsp3) is 0.231. The first-order valence-corrected chi connectivity index (χ1v) is 7.18. The van der Waals surface area contributed by atoms with Crippen LogP contribution in [0.15, 0.2) is 12.1 Å². The van der Waals surface area contributed by atoms with Crippen LogP contribution in [0.5, 0.6) is 10.9 Å². The van der Waals surface area contributed by atoms with Gasteiger partial charge in [-0.3, -0.25) is 0 Å². The quantitative estimate of drug-likeness (QED) is 0.763. The van der Waals surface area contributed by atoms with E-state index in [0.717, 1.165) is 16.0 Å². The maximum absolute atomic E-state index is 8.91. The molecule has 6 heteroatoms. The number of alkyl halides is 1. The number of nitriles is 1. The van der Waals surface area contributed by atoms with Crippen molar-refractivity contribution < 1.29 is 4.74 Å². The lowest BCUT2D eigenvalue weighted by Crippen LogP contribution is -1.92. The van der Waals surface area contributed by atoms with Crippen molar-refractivity contribution in [1.82, 2.24) is 4.98 Å². The van der Waals surface area contributed by atoms with E-state index in [1.54, 1.807) is 12.1 Å². The first-order chi connectivity index (χ1) is 9.05. The van der Waals surface area contributed by atoms with Gasteiger partial charge in [-0.05, 0) is 37.1 Å². The van der Waals surface area contributed by atoms with E-state index in [2.05, 4.69) is 11.1 Å². The molecular weight excluding hydrogens is 303 g/mol. The fourth-order valence-corrected chi connectivity index (χ4v) is 3.03. The van der Waals surface area contributed by atoms with Crippen molar-refractivity contribution in [3.05, 3.63) is 38.9 Å². The van der Waals surface area contributed by atoms with Gasteiger partial charge in [0.2, 0.25) is 0 Å². The normalized spacial score (nSPS) is 10.3. The van der Waals surface area contributed by atoms with E-state index in [-0.39, 0.29) is 0 Å². The Morgan fingerprint density at radius 2 is 2.00 bits per heavy atom. The summed E-state index contributed by atoms with van der Waals surface area (Å²) in [4.78, 5) is 4.89. The fourth-order valence-electron chi connectivity index (χ4n) is 1.70. The molecule has 2 aromatic rings. The molecule has 0 N–H and O–H groups in total. The summed E-state index contributed by atoms with van der Waals surface area (Å²) < 4.78 is 5.76. The molecule has 0 spiro atoms. The summed E-state index contributed by atoms with van der Waals surface area (Å²) in [5.74, 6) is 1.01. The minimum atomic E-state index is 0.311. The topological polar surface area (TPSA) is 45.9 Å². The van der Waals surface area contributed by atoms with Crippen LogP contribution in [0.2, 0.25) is 5.15 Å². The van der Waals surface area contributed by atoms with Gasteiger partial charge in [-0.1, -0.05) is 22.9 Å². The number of aryl methyl sites for hydroxylation is 2. The second kappa shape index (κ2) is 5.79. The third-order valence-corrected chi connectivity index (χ3v) is 4.31. The number of nitrogens with zero attached hydrogens (tertiary/aromatic N) is 2. The zero-order chi connectivity index (χ0) is 14.0. The number of hydrogen-bond acceptors (Lipinski definition) is 4. The van der Waals surface area contributed by atoms with Gasteiger partial charge in [0.05, 0.1) is 22.4 Å². The summed E-state index contributed by atoms with van der Waals surface area (Å²) in [5.41, 5.74) is 2.38. The molecule has 0 unspecified atom stereocenters. The highest BCUT2D eigenvalue weighted by molar-refractivity contribution is 7.14. The Balaban J connectivity index is 2.35. The van der Waals surface area contributed by atoms with Gasteiger partial charge < -0.3 is 4.74 Å². The summed E-state index contributed by atoms with van der Waals surface area (Å²) in [7, 11) is 0. The Hall–Kier alpha value is -1.28. The zero-order valence-electron chi connectivity index (χ0n) is 10.3. The average Bonchev–Trinajstić information content (AvgIpc) is 2.73. The monoisotopic (exact) mass is 312 g/mol. The van der Waals surface area contributed by atoms with E-state index in [0.29, 0.717) is 27.5 Å². The number of thiazole rings is 1. The van der Waals surface area contributed by atoms with Gasteiger partial charge in [-0.2, -0.15) is 10.2 Å². The Bertz CT molecular complexity index is 638. The molecule has 0 aliphatic rings. The molecule has 0 fully saturated rings. The maximum Gasteiger partial charge on any atom is 0.280 e. The van der Waals surface area contributed by atoms with Gasteiger partial charge in [0, 0.05) is 0 Å². The SMILES string of the molecule is Cc1cc(C#N)cc(C)c1Oc1nc(Cl)c(CCl)s1. The molecule has 0 aliphatic heterocycles. The van der Waals surface area contributed by atoms with E-state index in [1.165, 1.54) is 11.3 Å².